The van der Waals surface area contributed by atoms with Crippen molar-refractivity contribution in [3.05, 3.63) is 136 Å². The molecule has 1 N–H and O–H groups in total. The van der Waals surface area contributed by atoms with Gasteiger partial charge in [-0.2, -0.15) is 0 Å². The van der Waals surface area contributed by atoms with Crippen molar-refractivity contribution < 1.29 is 5.11 Å². The molecule has 1 nitrogen and oxygen atoms in total. The van der Waals surface area contributed by atoms with E-state index in [4.69, 9.17) is 0 Å². The third-order valence-corrected chi connectivity index (χ3v) is 10.1. The second-order valence-corrected chi connectivity index (χ2v) is 14.6. The Hall–Kier alpha value is -3.32. The van der Waals surface area contributed by atoms with Crippen LogP contribution in [0.25, 0.3) is 0 Å². The molecule has 8 rings (SSSR count). The molecule has 0 amide bonds. The second kappa shape index (κ2) is 14.2. The van der Waals surface area contributed by atoms with Gasteiger partial charge in [-0.15, -0.1) is 0 Å². The van der Waals surface area contributed by atoms with Crippen LogP contribution in [0.4, 0.5) is 0 Å². The van der Waals surface area contributed by atoms with E-state index in [9.17, 15) is 5.11 Å². The van der Waals surface area contributed by atoms with Crippen molar-refractivity contribution in [1.29, 1.82) is 0 Å². The van der Waals surface area contributed by atoms with Gasteiger partial charge in [-0.3, -0.25) is 0 Å². The average Bonchev–Trinajstić information content (AvgIpc) is 3.82. The van der Waals surface area contributed by atoms with E-state index in [1.54, 1.807) is 6.07 Å². The number of benzene rings is 4. The van der Waals surface area contributed by atoms with E-state index in [-0.39, 0.29) is 0 Å². The van der Waals surface area contributed by atoms with Crippen molar-refractivity contribution in [3.8, 4) is 5.75 Å². The van der Waals surface area contributed by atoms with Gasteiger partial charge in [-0.25, -0.2) is 0 Å². The summed E-state index contributed by atoms with van der Waals surface area (Å²) < 4.78 is 0. The Morgan fingerprint density at radius 2 is 0.659 bits per heavy atom. The highest BCUT2D eigenvalue weighted by atomic mass is 16.3. The highest BCUT2D eigenvalue weighted by molar-refractivity contribution is 5.33. The standard InChI is InChI=1S/3C11H14.C10H12O/c3*1-8-4-3-5-10(6-8)11-7-9(11)2;1-7-5-10(7)8-3-2-4-9(11)6-8/h3*3-6,9,11H,7H2,1-2H3;2-4,6-7,10-11H,5H2,1H3/t3*9-,11?;7-,10?/m1000/s1. The first-order valence-corrected chi connectivity index (χ1v) is 17.1. The fraction of sp³-hybridized carbons (Fsp3) is 0.442. The molecular formula is C43H54O. The van der Waals surface area contributed by atoms with E-state index in [0.29, 0.717) is 11.7 Å². The third kappa shape index (κ3) is 9.34. The molecule has 4 aromatic carbocycles. The van der Waals surface area contributed by atoms with Gasteiger partial charge in [0.15, 0.2) is 0 Å². The van der Waals surface area contributed by atoms with Crippen LogP contribution in [0.1, 0.15) is 116 Å². The van der Waals surface area contributed by atoms with E-state index in [0.717, 1.165) is 41.4 Å². The Morgan fingerprint density at radius 3 is 0.886 bits per heavy atom. The minimum atomic E-state index is 0.390. The van der Waals surface area contributed by atoms with E-state index in [1.165, 1.54) is 64.6 Å². The van der Waals surface area contributed by atoms with Crippen LogP contribution in [-0.2, 0) is 0 Å². The molecule has 4 unspecified atom stereocenters. The van der Waals surface area contributed by atoms with Crippen LogP contribution in [-0.4, -0.2) is 5.11 Å². The van der Waals surface area contributed by atoms with Gasteiger partial charge in [0.1, 0.15) is 5.75 Å². The summed E-state index contributed by atoms with van der Waals surface area (Å²) in [7, 11) is 0. The number of aryl methyl sites for hydroxylation is 3. The highest BCUT2D eigenvalue weighted by Gasteiger charge is 2.35. The Kier molecular flexibility index (Phi) is 10.3. The van der Waals surface area contributed by atoms with Gasteiger partial charge in [0.2, 0.25) is 0 Å². The summed E-state index contributed by atoms with van der Waals surface area (Å²) in [4.78, 5) is 0. The van der Waals surface area contributed by atoms with Crippen molar-refractivity contribution in [1.82, 2.24) is 0 Å². The first kappa shape index (κ1) is 32.1. The molecule has 0 aliphatic heterocycles. The predicted molar refractivity (Wildman–Crippen MR) is 188 cm³/mol. The number of hydrogen-bond donors (Lipinski definition) is 1. The zero-order valence-corrected chi connectivity index (χ0v) is 28.1. The molecule has 0 saturated heterocycles. The molecule has 0 spiro atoms. The Morgan fingerprint density at radius 1 is 0.409 bits per heavy atom. The quantitative estimate of drug-likeness (QED) is 0.252. The summed E-state index contributed by atoms with van der Waals surface area (Å²) in [5.41, 5.74) is 10.1. The molecule has 4 aliphatic carbocycles. The maximum absolute atomic E-state index is 9.18. The highest BCUT2D eigenvalue weighted by Crippen LogP contribution is 2.49. The van der Waals surface area contributed by atoms with Gasteiger partial charge in [0.25, 0.3) is 0 Å². The van der Waals surface area contributed by atoms with Gasteiger partial charge >= 0.3 is 0 Å². The van der Waals surface area contributed by atoms with E-state index in [2.05, 4.69) is 127 Å². The van der Waals surface area contributed by atoms with Crippen LogP contribution in [0.3, 0.4) is 0 Å². The molecule has 4 aliphatic rings. The topological polar surface area (TPSA) is 20.2 Å². The van der Waals surface area contributed by atoms with Crippen LogP contribution in [0.2, 0.25) is 0 Å². The molecule has 44 heavy (non-hydrogen) atoms. The fourth-order valence-electron chi connectivity index (χ4n) is 6.60. The molecular weight excluding hydrogens is 532 g/mol. The second-order valence-electron chi connectivity index (χ2n) is 14.6. The first-order valence-electron chi connectivity index (χ1n) is 17.1. The molecule has 232 valence electrons. The maximum atomic E-state index is 9.18. The van der Waals surface area contributed by atoms with E-state index in [1.807, 2.05) is 12.1 Å². The summed E-state index contributed by atoms with van der Waals surface area (Å²) in [5.74, 6) is 7.31. The lowest BCUT2D eigenvalue weighted by atomic mass is 10.1. The van der Waals surface area contributed by atoms with Crippen LogP contribution >= 0.6 is 0 Å². The lowest BCUT2D eigenvalue weighted by molar-refractivity contribution is 0.474. The zero-order chi connectivity index (χ0) is 31.4. The molecule has 4 aromatic rings. The van der Waals surface area contributed by atoms with Crippen molar-refractivity contribution in [2.75, 3.05) is 0 Å². The van der Waals surface area contributed by atoms with Crippen molar-refractivity contribution in [2.24, 2.45) is 23.7 Å². The summed E-state index contributed by atoms with van der Waals surface area (Å²) >= 11 is 0. The largest absolute Gasteiger partial charge is 0.508 e. The minimum Gasteiger partial charge on any atom is -0.508 e. The zero-order valence-electron chi connectivity index (χ0n) is 28.1. The Bertz CT molecular complexity index is 1290. The van der Waals surface area contributed by atoms with Gasteiger partial charge in [0, 0.05) is 0 Å². The van der Waals surface area contributed by atoms with Crippen molar-refractivity contribution in [3.63, 3.8) is 0 Å². The lowest BCUT2D eigenvalue weighted by Crippen LogP contribution is -1.81. The van der Waals surface area contributed by atoms with Crippen LogP contribution in [0.15, 0.2) is 97.1 Å². The van der Waals surface area contributed by atoms with Gasteiger partial charge in [-0.1, -0.05) is 129 Å². The summed E-state index contributed by atoms with van der Waals surface area (Å²) in [6, 6.07) is 34.3. The molecule has 8 atom stereocenters. The molecule has 1 heteroatoms. The monoisotopic (exact) mass is 586 g/mol. The number of hydrogen-bond acceptors (Lipinski definition) is 1. The van der Waals surface area contributed by atoms with Gasteiger partial charge < -0.3 is 5.11 Å². The smallest absolute Gasteiger partial charge is 0.115 e. The molecule has 0 heterocycles. The van der Waals surface area contributed by atoms with Crippen LogP contribution in [0, 0.1) is 44.4 Å². The maximum Gasteiger partial charge on any atom is 0.115 e. The third-order valence-electron chi connectivity index (χ3n) is 10.1. The molecule has 0 radical (unpaired) electrons. The average molecular weight is 587 g/mol. The summed E-state index contributed by atoms with van der Waals surface area (Å²) in [5, 5.41) is 9.18. The minimum absolute atomic E-state index is 0.390. The Labute approximate surface area is 267 Å². The van der Waals surface area contributed by atoms with Gasteiger partial charge in [0.05, 0.1) is 0 Å². The van der Waals surface area contributed by atoms with Crippen LogP contribution in [0.5, 0.6) is 5.75 Å². The molecule has 4 fully saturated rings. The van der Waals surface area contributed by atoms with Crippen molar-refractivity contribution in [2.45, 2.75) is 97.8 Å². The first-order chi connectivity index (χ1) is 21.1. The SMILES string of the molecule is C[C@H]1CC1c1cccc(O)c1.Cc1cccc(C2C[C@@H]2C)c1.Cc1cccc(C2C[C@@H]2C)c1.Cc1cccc(C2C[C@H]2C)c1. The summed E-state index contributed by atoms with van der Waals surface area (Å²) in [6.07, 6.45) is 5.46. The lowest BCUT2D eigenvalue weighted by Gasteiger charge is -1.98. The van der Waals surface area contributed by atoms with E-state index >= 15 is 0 Å². The predicted octanol–water partition coefficient (Wildman–Crippen LogP) is 11.9. The van der Waals surface area contributed by atoms with E-state index < -0.39 is 0 Å². The molecule has 0 bridgehead atoms. The van der Waals surface area contributed by atoms with Gasteiger partial charge in [-0.05, 0) is 128 Å². The number of aromatic hydroxyl groups is 1. The van der Waals surface area contributed by atoms with Crippen molar-refractivity contribution >= 4 is 0 Å². The molecule has 0 aromatic heterocycles. The number of phenolic OH excluding ortho intramolecular Hbond substituents is 1. The normalized spacial score (nSPS) is 28.5. The summed E-state index contributed by atoms with van der Waals surface area (Å²) in [6.45, 7) is 15.7. The fourth-order valence-corrected chi connectivity index (χ4v) is 6.60. The number of rotatable bonds is 4. The Balaban J connectivity index is 0.000000116. The van der Waals surface area contributed by atoms with Crippen LogP contribution < -0.4 is 0 Å². The molecule has 4 saturated carbocycles. The number of phenols is 1.